The van der Waals surface area contributed by atoms with Crippen LogP contribution in [-0.2, 0) is 15.1 Å². The monoisotopic (exact) mass is 424 g/mol. The van der Waals surface area contributed by atoms with Crippen LogP contribution in [0.25, 0.3) is 0 Å². The summed E-state index contributed by atoms with van der Waals surface area (Å²) in [5.74, 6) is -2.79. The zero-order valence-corrected chi connectivity index (χ0v) is 14.9. The Morgan fingerprint density at radius 2 is 1.93 bits per heavy atom. The van der Waals surface area contributed by atoms with Gasteiger partial charge < -0.3 is 10.6 Å². The molecule has 1 saturated heterocycles. The van der Waals surface area contributed by atoms with Crippen LogP contribution in [-0.4, -0.2) is 48.0 Å². The van der Waals surface area contributed by atoms with Gasteiger partial charge in [-0.05, 0) is 19.1 Å². The molecule has 1 aromatic carbocycles. The predicted octanol–water partition coefficient (Wildman–Crippen LogP) is 1.63. The first-order valence-corrected chi connectivity index (χ1v) is 7.95. The molecular weight excluding hydrogens is 412 g/mol. The standard InChI is InChI=1S/C15H13ClF4N4O4/c1-14(8-3-2-7(17)4-9(8)16)11(26)24(13(28)23-14)5-10(25)22-12(27)21-6-15(18,19)20/h2-4H,5-6H2,1H3,(H,23,28)(H2,21,22,25,27). The number of nitrogens with zero attached hydrogens (tertiary/aromatic N) is 1. The maximum absolute atomic E-state index is 13.2. The van der Waals surface area contributed by atoms with Gasteiger partial charge in [0.25, 0.3) is 5.91 Å². The molecule has 152 valence electrons. The van der Waals surface area contributed by atoms with E-state index in [9.17, 15) is 36.7 Å². The summed E-state index contributed by atoms with van der Waals surface area (Å²) >= 11 is 5.92. The van der Waals surface area contributed by atoms with Crippen molar-refractivity contribution in [1.29, 1.82) is 0 Å². The van der Waals surface area contributed by atoms with Gasteiger partial charge in [0.2, 0.25) is 5.91 Å². The lowest BCUT2D eigenvalue weighted by Crippen LogP contribution is -2.48. The Labute approximate surface area is 160 Å². The van der Waals surface area contributed by atoms with Crippen molar-refractivity contribution < 1.29 is 36.7 Å². The molecule has 1 fully saturated rings. The Morgan fingerprint density at radius 1 is 1.29 bits per heavy atom. The molecule has 28 heavy (non-hydrogen) atoms. The first-order valence-electron chi connectivity index (χ1n) is 7.57. The van der Waals surface area contributed by atoms with Crippen LogP contribution in [0.5, 0.6) is 0 Å². The van der Waals surface area contributed by atoms with Gasteiger partial charge in [0.15, 0.2) is 0 Å². The van der Waals surface area contributed by atoms with E-state index < -0.39 is 54.5 Å². The molecule has 1 atom stereocenters. The van der Waals surface area contributed by atoms with E-state index in [4.69, 9.17) is 11.6 Å². The molecule has 1 unspecified atom stereocenters. The lowest BCUT2D eigenvalue weighted by molar-refractivity contribution is -0.134. The molecule has 1 heterocycles. The number of alkyl halides is 3. The second kappa shape index (κ2) is 7.62. The highest BCUT2D eigenvalue weighted by Crippen LogP contribution is 2.33. The molecule has 8 nitrogen and oxygen atoms in total. The van der Waals surface area contributed by atoms with E-state index in [0.717, 1.165) is 12.1 Å². The van der Waals surface area contributed by atoms with Gasteiger partial charge >= 0.3 is 18.2 Å². The van der Waals surface area contributed by atoms with Gasteiger partial charge in [0, 0.05) is 10.6 Å². The summed E-state index contributed by atoms with van der Waals surface area (Å²) < 4.78 is 49.3. The second-order valence-electron chi connectivity index (χ2n) is 5.92. The van der Waals surface area contributed by atoms with Gasteiger partial charge in [-0.2, -0.15) is 13.2 Å². The van der Waals surface area contributed by atoms with Crippen LogP contribution >= 0.6 is 11.6 Å². The first-order chi connectivity index (χ1) is 12.8. The largest absolute Gasteiger partial charge is 0.405 e. The topological polar surface area (TPSA) is 108 Å². The number of carbonyl (C=O) groups is 4. The number of halogens is 5. The number of nitrogens with one attached hydrogen (secondary N) is 3. The highest BCUT2D eigenvalue weighted by atomic mass is 35.5. The third kappa shape index (κ3) is 4.68. The Balaban J connectivity index is 2.07. The molecule has 6 amide bonds. The van der Waals surface area contributed by atoms with E-state index in [0.29, 0.717) is 4.90 Å². The SMILES string of the molecule is CC1(c2ccc(F)cc2Cl)NC(=O)N(CC(=O)NC(=O)NCC(F)(F)F)C1=O. The second-order valence-corrected chi connectivity index (χ2v) is 6.32. The Bertz CT molecular complexity index is 848. The van der Waals surface area contributed by atoms with E-state index in [-0.39, 0.29) is 10.6 Å². The van der Waals surface area contributed by atoms with Crippen molar-refractivity contribution in [2.45, 2.75) is 18.6 Å². The molecule has 0 bridgehead atoms. The smallest absolute Gasteiger partial charge is 0.329 e. The third-order valence-corrected chi connectivity index (χ3v) is 4.06. The molecule has 1 aromatic rings. The van der Waals surface area contributed by atoms with Gasteiger partial charge in [0.1, 0.15) is 24.4 Å². The number of urea groups is 2. The van der Waals surface area contributed by atoms with Crippen LogP contribution in [0.1, 0.15) is 12.5 Å². The summed E-state index contributed by atoms with van der Waals surface area (Å²) in [4.78, 5) is 48.2. The molecule has 3 N–H and O–H groups in total. The van der Waals surface area contributed by atoms with Crippen molar-refractivity contribution in [1.82, 2.24) is 20.9 Å². The van der Waals surface area contributed by atoms with Gasteiger partial charge in [0.05, 0.1) is 0 Å². The quantitative estimate of drug-likeness (QED) is 0.504. The molecule has 0 spiro atoms. The van der Waals surface area contributed by atoms with Crippen molar-refractivity contribution in [2.24, 2.45) is 0 Å². The number of carbonyl (C=O) groups excluding carboxylic acids is 4. The molecular formula is C15H13ClF4N4O4. The molecule has 1 aliphatic rings. The predicted molar refractivity (Wildman–Crippen MR) is 86.6 cm³/mol. The third-order valence-electron chi connectivity index (χ3n) is 3.75. The number of hydrogen-bond donors (Lipinski definition) is 3. The van der Waals surface area contributed by atoms with Crippen LogP contribution in [0.15, 0.2) is 18.2 Å². The van der Waals surface area contributed by atoms with Crippen molar-refractivity contribution in [2.75, 3.05) is 13.1 Å². The number of benzene rings is 1. The summed E-state index contributed by atoms with van der Waals surface area (Å²) in [6.07, 6.45) is -4.68. The van der Waals surface area contributed by atoms with E-state index in [1.807, 2.05) is 0 Å². The normalized spacial score (nSPS) is 19.4. The number of imide groups is 2. The Kier molecular flexibility index (Phi) is 5.83. The minimum Gasteiger partial charge on any atom is -0.329 e. The number of rotatable bonds is 4. The van der Waals surface area contributed by atoms with Crippen LogP contribution in [0, 0.1) is 5.82 Å². The minimum atomic E-state index is -4.68. The fourth-order valence-electron chi connectivity index (χ4n) is 2.45. The van der Waals surface area contributed by atoms with Crippen molar-refractivity contribution in [3.63, 3.8) is 0 Å². The molecule has 0 radical (unpaired) electrons. The van der Waals surface area contributed by atoms with Crippen molar-refractivity contribution in [3.8, 4) is 0 Å². The highest BCUT2D eigenvalue weighted by Gasteiger charge is 2.50. The van der Waals surface area contributed by atoms with Crippen LogP contribution in [0.2, 0.25) is 5.02 Å². The molecule has 0 aromatic heterocycles. The summed E-state index contributed by atoms with van der Waals surface area (Å²) in [6, 6.07) is 0.690. The molecule has 0 saturated carbocycles. The van der Waals surface area contributed by atoms with E-state index in [2.05, 4.69) is 5.32 Å². The zero-order valence-electron chi connectivity index (χ0n) is 14.1. The Morgan fingerprint density at radius 3 is 2.50 bits per heavy atom. The fourth-order valence-corrected chi connectivity index (χ4v) is 2.81. The molecule has 1 aliphatic heterocycles. The lowest BCUT2D eigenvalue weighted by atomic mass is 9.92. The van der Waals surface area contributed by atoms with E-state index in [1.54, 1.807) is 5.32 Å². The summed E-state index contributed by atoms with van der Waals surface area (Å²) in [6.45, 7) is -1.32. The average Bonchev–Trinajstić information content (AvgIpc) is 2.76. The Hall–Kier alpha value is -2.89. The van der Waals surface area contributed by atoms with E-state index in [1.165, 1.54) is 18.3 Å². The van der Waals surface area contributed by atoms with Crippen molar-refractivity contribution >= 4 is 35.5 Å². The summed E-state index contributed by atoms with van der Waals surface area (Å²) in [7, 11) is 0. The molecule has 13 heteroatoms. The fraction of sp³-hybridized carbons (Fsp3) is 0.333. The van der Waals surface area contributed by atoms with Crippen molar-refractivity contribution in [3.05, 3.63) is 34.6 Å². The van der Waals surface area contributed by atoms with Crippen LogP contribution < -0.4 is 16.0 Å². The summed E-state index contributed by atoms with van der Waals surface area (Å²) in [5, 5.41) is 5.14. The number of amides is 6. The van der Waals surface area contributed by atoms with Crippen LogP contribution in [0.4, 0.5) is 27.2 Å². The highest BCUT2D eigenvalue weighted by molar-refractivity contribution is 6.32. The zero-order chi connectivity index (χ0) is 21.3. The van der Waals surface area contributed by atoms with Gasteiger partial charge in [-0.1, -0.05) is 17.7 Å². The summed E-state index contributed by atoms with van der Waals surface area (Å²) in [5.41, 5.74) is -1.64. The van der Waals surface area contributed by atoms with Gasteiger partial charge in [-0.25, -0.2) is 14.0 Å². The maximum Gasteiger partial charge on any atom is 0.405 e. The molecule has 0 aliphatic carbocycles. The van der Waals surface area contributed by atoms with Gasteiger partial charge in [-0.15, -0.1) is 0 Å². The minimum absolute atomic E-state index is 0.0692. The van der Waals surface area contributed by atoms with Gasteiger partial charge in [-0.3, -0.25) is 19.8 Å². The maximum atomic E-state index is 13.2. The molecule has 2 rings (SSSR count). The van der Waals surface area contributed by atoms with Crippen LogP contribution in [0.3, 0.4) is 0 Å². The number of hydrogen-bond acceptors (Lipinski definition) is 4. The first kappa shape index (κ1) is 21.4. The average molecular weight is 425 g/mol. The lowest BCUT2D eigenvalue weighted by Gasteiger charge is -2.23. The van der Waals surface area contributed by atoms with E-state index >= 15 is 0 Å².